The predicted molar refractivity (Wildman–Crippen MR) is 95.5 cm³/mol. The number of rotatable bonds is 5. The van der Waals surface area contributed by atoms with E-state index in [0.29, 0.717) is 12.1 Å². The first-order valence-corrected chi connectivity index (χ1v) is 8.12. The Bertz CT molecular complexity index is 903. The summed E-state index contributed by atoms with van der Waals surface area (Å²) in [5, 5.41) is 3.01. The summed E-state index contributed by atoms with van der Waals surface area (Å²) < 4.78 is 41.5. The lowest BCUT2D eigenvalue weighted by atomic mass is 10.1. The first kappa shape index (κ1) is 17.9. The van der Waals surface area contributed by atoms with Crippen LogP contribution < -0.4 is 5.32 Å². The zero-order valence-electron chi connectivity index (χ0n) is 14.4. The van der Waals surface area contributed by atoms with E-state index in [9.17, 15) is 13.2 Å². The summed E-state index contributed by atoms with van der Waals surface area (Å²) in [6.07, 6.45) is 2.44. The summed E-state index contributed by atoms with van der Waals surface area (Å²) in [6.45, 7) is 3.17. The lowest BCUT2D eigenvalue weighted by Gasteiger charge is -2.17. The normalized spacial score (nSPS) is 11.4. The Hall–Kier alpha value is -2.89. The molecular weight excluding hydrogens is 339 g/mol. The molecule has 6 heteroatoms. The van der Waals surface area contributed by atoms with Crippen LogP contribution in [0.3, 0.4) is 0 Å². The van der Waals surface area contributed by atoms with Gasteiger partial charge in [-0.05, 0) is 30.7 Å². The highest BCUT2D eigenvalue weighted by Crippen LogP contribution is 2.33. The molecule has 0 aliphatic heterocycles. The van der Waals surface area contributed by atoms with Gasteiger partial charge < -0.3 is 5.32 Å². The van der Waals surface area contributed by atoms with Gasteiger partial charge >= 0.3 is 0 Å². The fraction of sp³-hybridized carbons (Fsp3) is 0.200. The third-order valence-corrected chi connectivity index (χ3v) is 3.92. The highest BCUT2D eigenvalue weighted by molar-refractivity contribution is 5.63. The first-order chi connectivity index (χ1) is 12.3. The third kappa shape index (κ3) is 4.20. The summed E-state index contributed by atoms with van der Waals surface area (Å²) in [7, 11) is 0. The summed E-state index contributed by atoms with van der Waals surface area (Å²) >= 11 is 0. The summed E-state index contributed by atoms with van der Waals surface area (Å²) in [6, 6.07) is 12.1. The second-order valence-corrected chi connectivity index (χ2v) is 6.21. The van der Waals surface area contributed by atoms with Crippen molar-refractivity contribution in [2.75, 3.05) is 5.32 Å². The number of nitrogens with one attached hydrogen (secondary N) is 1. The van der Waals surface area contributed by atoms with E-state index in [-0.39, 0.29) is 17.1 Å². The monoisotopic (exact) mass is 357 g/mol. The van der Waals surface area contributed by atoms with Crippen molar-refractivity contribution in [2.24, 2.45) is 0 Å². The van der Waals surface area contributed by atoms with Crippen LogP contribution in [0.15, 0.2) is 54.9 Å². The molecule has 0 fully saturated rings. The zero-order valence-corrected chi connectivity index (χ0v) is 14.4. The van der Waals surface area contributed by atoms with E-state index in [2.05, 4.69) is 15.3 Å². The minimum absolute atomic E-state index is 0.242. The fourth-order valence-corrected chi connectivity index (χ4v) is 2.55. The molecule has 0 bridgehead atoms. The quantitative estimate of drug-likeness (QED) is 0.672. The van der Waals surface area contributed by atoms with Crippen molar-refractivity contribution in [3.8, 4) is 11.3 Å². The Morgan fingerprint density at radius 2 is 1.77 bits per heavy atom. The molecule has 3 aromatic rings. The molecule has 0 saturated heterocycles. The number of hydrogen-bond acceptors (Lipinski definition) is 3. The van der Waals surface area contributed by atoms with Crippen LogP contribution in [0.4, 0.5) is 18.9 Å². The van der Waals surface area contributed by atoms with E-state index < -0.39 is 11.7 Å². The summed E-state index contributed by atoms with van der Waals surface area (Å²) in [5.74, 6) is -3.69. The van der Waals surface area contributed by atoms with E-state index in [0.717, 1.165) is 24.2 Å². The number of benzene rings is 1. The number of pyridine rings is 2. The number of hydrogen-bond donors (Lipinski definition) is 1. The highest BCUT2D eigenvalue weighted by Gasteiger charge is 2.30. The van der Waals surface area contributed by atoms with Crippen LogP contribution in [0, 0.1) is 12.7 Å². The van der Waals surface area contributed by atoms with Gasteiger partial charge in [-0.2, -0.15) is 8.78 Å². The van der Waals surface area contributed by atoms with Gasteiger partial charge in [-0.3, -0.25) is 4.98 Å². The average Bonchev–Trinajstić information content (AvgIpc) is 2.60. The summed E-state index contributed by atoms with van der Waals surface area (Å²) in [4.78, 5) is 7.80. The minimum atomic E-state index is -3.15. The lowest BCUT2D eigenvalue weighted by molar-refractivity contribution is 0.0137. The smallest absolute Gasteiger partial charge is 0.289 e. The minimum Gasteiger partial charge on any atom is -0.379 e. The summed E-state index contributed by atoms with van der Waals surface area (Å²) in [5.41, 5.74) is 2.55. The Morgan fingerprint density at radius 1 is 1.04 bits per heavy atom. The molecule has 0 amide bonds. The van der Waals surface area contributed by atoms with Crippen LogP contribution >= 0.6 is 0 Å². The van der Waals surface area contributed by atoms with E-state index in [1.165, 1.54) is 18.3 Å². The second-order valence-electron chi connectivity index (χ2n) is 6.21. The van der Waals surface area contributed by atoms with E-state index in [1.807, 2.05) is 31.2 Å². The number of alkyl halides is 2. The molecule has 2 heterocycles. The van der Waals surface area contributed by atoms with Crippen molar-refractivity contribution in [3.63, 3.8) is 0 Å². The van der Waals surface area contributed by atoms with Crippen molar-refractivity contribution >= 4 is 5.69 Å². The molecule has 0 aliphatic carbocycles. The van der Waals surface area contributed by atoms with Gasteiger partial charge in [0.25, 0.3) is 5.92 Å². The fourth-order valence-electron chi connectivity index (χ4n) is 2.55. The van der Waals surface area contributed by atoms with Crippen LogP contribution in [-0.4, -0.2) is 9.97 Å². The molecule has 0 radical (unpaired) electrons. The van der Waals surface area contributed by atoms with Gasteiger partial charge in [-0.25, -0.2) is 9.37 Å². The average molecular weight is 357 g/mol. The maximum Gasteiger partial charge on any atom is 0.289 e. The number of nitrogens with zero attached hydrogens (tertiary/aromatic N) is 2. The van der Waals surface area contributed by atoms with Crippen LogP contribution in [0.2, 0.25) is 0 Å². The van der Waals surface area contributed by atoms with Gasteiger partial charge in [0.2, 0.25) is 0 Å². The Morgan fingerprint density at radius 3 is 2.42 bits per heavy atom. The van der Waals surface area contributed by atoms with Crippen molar-refractivity contribution in [1.82, 2.24) is 9.97 Å². The predicted octanol–water partition coefficient (Wildman–Crippen LogP) is 5.31. The molecule has 0 atom stereocenters. The number of anilines is 1. The van der Waals surface area contributed by atoms with Gasteiger partial charge in [0, 0.05) is 25.2 Å². The highest BCUT2D eigenvalue weighted by atomic mass is 19.3. The molecular formula is C20H18F3N3. The second kappa shape index (κ2) is 7.15. The number of halogens is 3. The maximum atomic E-state index is 14.1. The van der Waals surface area contributed by atoms with Gasteiger partial charge in [0.1, 0.15) is 11.5 Å². The molecule has 3 rings (SSSR count). The third-order valence-electron chi connectivity index (χ3n) is 3.92. The van der Waals surface area contributed by atoms with Gasteiger partial charge in [-0.15, -0.1) is 0 Å². The van der Waals surface area contributed by atoms with Gasteiger partial charge in [0.05, 0.1) is 17.6 Å². The first-order valence-electron chi connectivity index (χ1n) is 8.12. The SMILES string of the molecule is Cc1ccc(CNc2ccc(-c3cncc(F)c3)nc2C(C)(F)F)cc1. The van der Waals surface area contributed by atoms with Crippen LogP contribution in [-0.2, 0) is 12.5 Å². The zero-order chi connectivity index (χ0) is 18.7. The molecule has 0 saturated carbocycles. The Balaban J connectivity index is 1.91. The van der Waals surface area contributed by atoms with Crippen LogP contribution in [0.1, 0.15) is 23.7 Å². The van der Waals surface area contributed by atoms with Gasteiger partial charge in [0.15, 0.2) is 0 Å². The largest absolute Gasteiger partial charge is 0.379 e. The molecule has 134 valence electrons. The topological polar surface area (TPSA) is 37.8 Å². The standard InChI is InChI=1S/C20H18F3N3/c1-13-3-5-14(6-4-13)10-25-18-8-7-17(26-19(18)20(2,22)23)15-9-16(21)12-24-11-15/h3-9,11-12,25H,10H2,1-2H3. The molecule has 0 aliphatic rings. The lowest BCUT2D eigenvalue weighted by Crippen LogP contribution is -2.15. The number of aryl methyl sites for hydroxylation is 1. The van der Waals surface area contributed by atoms with Crippen molar-refractivity contribution in [2.45, 2.75) is 26.3 Å². The maximum absolute atomic E-state index is 14.1. The molecule has 1 aromatic carbocycles. The molecule has 0 unspecified atom stereocenters. The van der Waals surface area contributed by atoms with E-state index in [4.69, 9.17) is 0 Å². The molecule has 26 heavy (non-hydrogen) atoms. The molecule has 2 aromatic heterocycles. The van der Waals surface area contributed by atoms with Crippen molar-refractivity contribution in [1.29, 1.82) is 0 Å². The van der Waals surface area contributed by atoms with Gasteiger partial charge in [-0.1, -0.05) is 29.8 Å². The Labute approximate surface area is 149 Å². The Kier molecular flexibility index (Phi) is 4.93. The molecule has 3 nitrogen and oxygen atoms in total. The van der Waals surface area contributed by atoms with Crippen molar-refractivity contribution < 1.29 is 13.2 Å². The number of aromatic nitrogens is 2. The van der Waals surface area contributed by atoms with E-state index >= 15 is 0 Å². The molecule has 0 spiro atoms. The molecule has 1 N–H and O–H groups in total. The van der Waals surface area contributed by atoms with Crippen molar-refractivity contribution in [3.05, 3.63) is 77.5 Å². The van der Waals surface area contributed by atoms with Crippen LogP contribution in [0.25, 0.3) is 11.3 Å². The van der Waals surface area contributed by atoms with E-state index in [1.54, 1.807) is 6.07 Å². The van der Waals surface area contributed by atoms with Crippen LogP contribution in [0.5, 0.6) is 0 Å².